The summed E-state index contributed by atoms with van der Waals surface area (Å²) in [4.78, 5) is 27.4. The van der Waals surface area contributed by atoms with Gasteiger partial charge in [-0.05, 0) is 18.6 Å². The first-order valence-corrected chi connectivity index (χ1v) is 10.8. The highest BCUT2D eigenvalue weighted by Crippen LogP contribution is 2.36. The molecule has 3 aromatic rings. The molecule has 2 aliphatic rings. The molecule has 2 atom stereocenters. The minimum absolute atomic E-state index is 0.0644. The van der Waals surface area contributed by atoms with Crippen LogP contribution < -0.4 is 5.43 Å². The molecule has 0 aliphatic carbocycles. The number of carbonyl (C=O) groups excluding carboxylic acids is 1. The van der Waals surface area contributed by atoms with Crippen LogP contribution in [0.1, 0.15) is 34.0 Å². The van der Waals surface area contributed by atoms with Gasteiger partial charge in [-0.25, -0.2) is 8.78 Å². The highest BCUT2D eigenvalue weighted by molar-refractivity contribution is 7.14. The number of likely N-dealkylation sites (N-methyl/N-ethyl adjacent to an activating group) is 1. The molecular weight excluding hydrogens is 442 g/mol. The Bertz CT molecular complexity index is 1290. The number of aromatic nitrogens is 3. The van der Waals surface area contributed by atoms with E-state index in [0.29, 0.717) is 24.8 Å². The fraction of sp³-hybridized carbons (Fsp3) is 0.333. The monoisotopic (exact) mass is 460 g/mol. The number of halogens is 2. The number of rotatable bonds is 4. The van der Waals surface area contributed by atoms with E-state index in [9.17, 15) is 23.5 Å². The third-order valence-electron chi connectivity index (χ3n) is 5.85. The SMILES string of the molecule is CCN1C(=O)c2c(O)c(=O)c(-c3nnc(Cc4ccc(F)cc4F)s3)cn2[C@@H]2COC[C@H]21. The number of hydrogen-bond donors (Lipinski definition) is 1. The van der Waals surface area contributed by atoms with Crippen LogP contribution in [0.15, 0.2) is 29.2 Å². The average Bonchev–Trinajstić information content (AvgIpc) is 3.42. The molecule has 32 heavy (non-hydrogen) atoms. The molecule has 1 aromatic carbocycles. The minimum Gasteiger partial charge on any atom is -0.503 e. The Morgan fingerprint density at radius 1 is 1.22 bits per heavy atom. The molecule has 11 heteroatoms. The molecule has 1 N–H and O–H groups in total. The third-order valence-corrected chi connectivity index (χ3v) is 6.80. The van der Waals surface area contributed by atoms with Crippen molar-refractivity contribution < 1.29 is 23.4 Å². The summed E-state index contributed by atoms with van der Waals surface area (Å²) in [6.45, 7) is 2.98. The summed E-state index contributed by atoms with van der Waals surface area (Å²) in [6, 6.07) is 2.85. The molecule has 0 unspecified atom stereocenters. The largest absolute Gasteiger partial charge is 0.503 e. The van der Waals surface area contributed by atoms with E-state index in [4.69, 9.17) is 4.74 Å². The van der Waals surface area contributed by atoms with Gasteiger partial charge in [-0.3, -0.25) is 9.59 Å². The third kappa shape index (κ3) is 3.19. The molecule has 1 amide bonds. The maximum absolute atomic E-state index is 14.0. The first-order chi connectivity index (χ1) is 15.4. The van der Waals surface area contributed by atoms with E-state index >= 15 is 0 Å². The van der Waals surface area contributed by atoms with Crippen LogP contribution in [-0.2, 0) is 11.2 Å². The first kappa shape index (κ1) is 20.7. The standard InChI is InChI=1S/C21H18F2N4O4S/c1-2-26-14-8-31-9-15(14)27-7-12(18(28)19(29)17(27)21(26)30)20-25-24-16(32-20)5-10-3-4-11(22)6-13(10)23/h3-4,6-7,14-15,29H,2,5,8-9H2,1H3/t14-,15-/m1/s1. The van der Waals surface area contributed by atoms with Crippen molar-refractivity contribution >= 4 is 17.2 Å². The Labute approximate surface area is 184 Å². The molecule has 5 rings (SSSR count). The number of amides is 1. The molecule has 1 saturated heterocycles. The van der Waals surface area contributed by atoms with E-state index in [-0.39, 0.29) is 40.3 Å². The molecule has 2 aliphatic heterocycles. The summed E-state index contributed by atoms with van der Waals surface area (Å²) >= 11 is 1.06. The summed E-state index contributed by atoms with van der Waals surface area (Å²) in [5.74, 6) is -2.44. The molecule has 8 nitrogen and oxygen atoms in total. The lowest BCUT2D eigenvalue weighted by Gasteiger charge is -2.38. The van der Waals surface area contributed by atoms with E-state index < -0.39 is 28.7 Å². The van der Waals surface area contributed by atoms with Crippen molar-refractivity contribution in [3.05, 3.63) is 62.5 Å². The smallest absolute Gasteiger partial charge is 0.274 e. The zero-order valence-electron chi connectivity index (χ0n) is 16.9. The maximum Gasteiger partial charge on any atom is 0.274 e. The van der Waals surface area contributed by atoms with Gasteiger partial charge in [-0.1, -0.05) is 17.4 Å². The first-order valence-electron chi connectivity index (χ1n) is 10.0. The van der Waals surface area contributed by atoms with E-state index in [1.165, 1.54) is 12.3 Å². The molecule has 1 fully saturated rings. The topological polar surface area (TPSA) is 97.5 Å². The Kier molecular flexibility index (Phi) is 5.01. The predicted molar refractivity (Wildman–Crippen MR) is 111 cm³/mol. The van der Waals surface area contributed by atoms with Crippen molar-refractivity contribution in [1.29, 1.82) is 0 Å². The number of carbonyl (C=O) groups is 1. The highest BCUT2D eigenvalue weighted by Gasteiger charge is 2.44. The minimum atomic E-state index is -0.728. The van der Waals surface area contributed by atoms with Crippen molar-refractivity contribution in [2.24, 2.45) is 0 Å². The average molecular weight is 460 g/mol. The summed E-state index contributed by atoms with van der Waals surface area (Å²) in [5.41, 5.74) is -0.451. The fourth-order valence-electron chi connectivity index (χ4n) is 4.27. The number of ether oxygens (including phenoxy) is 1. The van der Waals surface area contributed by atoms with Gasteiger partial charge in [0.2, 0.25) is 5.43 Å². The van der Waals surface area contributed by atoms with E-state index in [1.54, 1.807) is 9.47 Å². The number of pyridine rings is 1. The van der Waals surface area contributed by atoms with Gasteiger partial charge in [0, 0.05) is 25.2 Å². The Hall–Kier alpha value is -3.18. The molecule has 0 spiro atoms. The van der Waals surface area contributed by atoms with Gasteiger partial charge in [0.25, 0.3) is 5.91 Å². The highest BCUT2D eigenvalue weighted by atomic mass is 32.1. The second-order valence-corrected chi connectivity index (χ2v) is 8.72. The lowest BCUT2D eigenvalue weighted by molar-refractivity contribution is 0.0571. The quantitative estimate of drug-likeness (QED) is 0.642. The zero-order valence-corrected chi connectivity index (χ0v) is 17.7. The maximum atomic E-state index is 14.0. The van der Waals surface area contributed by atoms with Crippen LogP contribution >= 0.6 is 11.3 Å². The number of hydrogen-bond acceptors (Lipinski definition) is 7. The van der Waals surface area contributed by atoms with Crippen LogP contribution in [0.25, 0.3) is 10.6 Å². The van der Waals surface area contributed by atoms with Crippen LogP contribution in [0, 0.1) is 11.6 Å². The fourth-order valence-corrected chi connectivity index (χ4v) is 5.14. The Balaban J connectivity index is 1.55. The van der Waals surface area contributed by atoms with Crippen molar-refractivity contribution in [1.82, 2.24) is 19.7 Å². The summed E-state index contributed by atoms with van der Waals surface area (Å²) in [5, 5.41) is 19.4. The molecule has 4 heterocycles. The van der Waals surface area contributed by atoms with E-state index in [1.807, 2.05) is 6.92 Å². The molecule has 0 saturated carbocycles. The van der Waals surface area contributed by atoms with Gasteiger partial charge in [0.15, 0.2) is 16.5 Å². The van der Waals surface area contributed by atoms with Crippen LogP contribution in [0.5, 0.6) is 5.75 Å². The van der Waals surface area contributed by atoms with Crippen molar-refractivity contribution in [2.45, 2.75) is 25.4 Å². The Morgan fingerprint density at radius 3 is 2.75 bits per heavy atom. The number of nitrogens with zero attached hydrogens (tertiary/aromatic N) is 4. The van der Waals surface area contributed by atoms with Crippen LogP contribution in [0.3, 0.4) is 0 Å². The summed E-state index contributed by atoms with van der Waals surface area (Å²) in [6.07, 6.45) is 1.59. The van der Waals surface area contributed by atoms with Gasteiger partial charge < -0.3 is 19.3 Å². The van der Waals surface area contributed by atoms with Gasteiger partial charge in [-0.2, -0.15) is 0 Å². The lowest BCUT2D eigenvalue weighted by Crippen LogP contribution is -2.51. The second-order valence-electron chi connectivity index (χ2n) is 7.65. The van der Waals surface area contributed by atoms with Crippen molar-refractivity contribution in [3.8, 4) is 16.3 Å². The lowest BCUT2D eigenvalue weighted by atomic mass is 10.0. The van der Waals surface area contributed by atoms with Crippen molar-refractivity contribution in [3.63, 3.8) is 0 Å². The molecule has 2 aromatic heterocycles. The normalized spacial score (nSPS) is 19.8. The number of aromatic hydroxyl groups is 1. The molecule has 0 radical (unpaired) electrons. The molecule has 166 valence electrons. The van der Waals surface area contributed by atoms with Gasteiger partial charge in [-0.15, -0.1) is 10.2 Å². The van der Waals surface area contributed by atoms with E-state index in [0.717, 1.165) is 23.5 Å². The van der Waals surface area contributed by atoms with Crippen LogP contribution in [0.4, 0.5) is 8.78 Å². The number of benzene rings is 1. The predicted octanol–water partition coefficient (Wildman–Crippen LogP) is 2.36. The van der Waals surface area contributed by atoms with Crippen LogP contribution in [-0.4, -0.2) is 56.5 Å². The zero-order chi connectivity index (χ0) is 22.6. The van der Waals surface area contributed by atoms with Gasteiger partial charge in [0.05, 0.1) is 30.9 Å². The summed E-state index contributed by atoms with van der Waals surface area (Å²) in [7, 11) is 0. The molecule has 0 bridgehead atoms. The van der Waals surface area contributed by atoms with Crippen molar-refractivity contribution in [2.75, 3.05) is 19.8 Å². The molecular formula is C21H18F2N4O4S. The van der Waals surface area contributed by atoms with E-state index in [2.05, 4.69) is 10.2 Å². The number of fused-ring (bicyclic) bond motifs is 3. The van der Waals surface area contributed by atoms with Gasteiger partial charge >= 0.3 is 0 Å². The second kappa shape index (κ2) is 7.75. The Morgan fingerprint density at radius 2 is 2.00 bits per heavy atom. The summed E-state index contributed by atoms with van der Waals surface area (Å²) < 4.78 is 34.3. The van der Waals surface area contributed by atoms with Crippen LogP contribution in [0.2, 0.25) is 0 Å². The van der Waals surface area contributed by atoms with Gasteiger partial charge in [0.1, 0.15) is 16.6 Å².